The number of unbranched alkanes of at least 4 members (excludes halogenated alkanes) is 1. The highest BCUT2D eigenvalue weighted by Gasteiger charge is 2.49. The quantitative estimate of drug-likeness (QED) is 0.480. The Hall–Kier alpha value is -2.78. The molecule has 3 aliphatic carbocycles. The van der Waals surface area contributed by atoms with Crippen LogP contribution < -0.4 is 4.74 Å². The van der Waals surface area contributed by atoms with E-state index in [2.05, 4.69) is 31.2 Å². The van der Waals surface area contributed by atoms with E-state index in [1.807, 2.05) is 31.2 Å². The third kappa shape index (κ3) is 3.83. The standard InChI is InChI=1S/C28H32N2O/c1-3-5-12-27-13-16-28(17-14-27,18-15-27)26-11-10-23(24(19-29)25(26)20-30)21-6-8-22(9-7-21)31-4-2/h6-11H,3-5,12-18H2,1-2H3. The molecule has 2 bridgehead atoms. The molecule has 160 valence electrons. The van der Waals surface area contributed by atoms with Gasteiger partial charge in [-0.2, -0.15) is 10.5 Å². The lowest BCUT2D eigenvalue weighted by Crippen LogP contribution is -2.44. The first-order valence-electron chi connectivity index (χ1n) is 11.8. The second kappa shape index (κ2) is 8.76. The molecule has 3 nitrogen and oxygen atoms in total. The van der Waals surface area contributed by atoms with E-state index in [0.29, 0.717) is 23.1 Å². The first-order chi connectivity index (χ1) is 15.1. The Balaban J connectivity index is 1.68. The van der Waals surface area contributed by atoms with Crippen LogP contribution in [0.15, 0.2) is 36.4 Å². The van der Waals surface area contributed by atoms with Crippen LogP contribution in [-0.4, -0.2) is 6.61 Å². The Morgan fingerprint density at radius 2 is 1.48 bits per heavy atom. The van der Waals surface area contributed by atoms with Crippen LogP contribution in [0.2, 0.25) is 0 Å². The Morgan fingerprint density at radius 1 is 0.839 bits per heavy atom. The van der Waals surface area contributed by atoms with E-state index in [-0.39, 0.29) is 5.41 Å². The maximum Gasteiger partial charge on any atom is 0.119 e. The Labute approximate surface area is 186 Å². The summed E-state index contributed by atoms with van der Waals surface area (Å²) in [5.41, 5.74) is 4.62. The number of ether oxygens (including phenoxy) is 1. The van der Waals surface area contributed by atoms with Gasteiger partial charge < -0.3 is 4.74 Å². The molecular weight excluding hydrogens is 380 g/mol. The third-order valence-corrected chi connectivity index (χ3v) is 7.94. The maximum absolute atomic E-state index is 10.1. The average Bonchev–Trinajstić information content (AvgIpc) is 2.83. The van der Waals surface area contributed by atoms with Crippen LogP contribution in [0.4, 0.5) is 0 Å². The van der Waals surface area contributed by atoms with Gasteiger partial charge in [0.1, 0.15) is 17.9 Å². The summed E-state index contributed by atoms with van der Waals surface area (Å²) in [4.78, 5) is 0. The Kier molecular flexibility index (Phi) is 6.06. The molecule has 3 aliphatic rings. The zero-order valence-electron chi connectivity index (χ0n) is 18.8. The minimum atomic E-state index is 0.0714. The molecule has 2 aromatic rings. The van der Waals surface area contributed by atoms with Crippen molar-refractivity contribution in [2.24, 2.45) is 5.41 Å². The third-order valence-electron chi connectivity index (χ3n) is 7.94. The summed E-state index contributed by atoms with van der Waals surface area (Å²) in [5, 5.41) is 20.1. The number of rotatable bonds is 7. The predicted molar refractivity (Wildman–Crippen MR) is 124 cm³/mol. The molecule has 3 saturated carbocycles. The highest BCUT2D eigenvalue weighted by atomic mass is 16.5. The van der Waals surface area contributed by atoms with Crippen LogP contribution >= 0.6 is 0 Å². The fourth-order valence-corrected chi connectivity index (χ4v) is 6.01. The second-order valence-corrected chi connectivity index (χ2v) is 9.48. The monoisotopic (exact) mass is 412 g/mol. The van der Waals surface area contributed by atoms with E-state index >= 15 is 0 Å². The number of nitriles is 2. The van der Waals surface area contributed by atoms with Gasteiger partial charge in [0.15, 0.2) is 0 Å². The van der Waals surface area contributed by atoms with Gasteiger partial charge in [0, 0.05) is 5.56 Å². The molecule has 0 aromatic heterocycles. The second-order valence-electron chi connectivity index (χ2n) is 9.48. The molecule has 31 heavy (non-hydrogen) atoms. The number of hydrogen-bond donors (Lipinski definition) is 0. The van der Waals surface area contributed by atoms with Crippen LogP contribution in [0.1, 0.15) is 88.3 Å². The SMILES string of the molecule is CCCCC12CCC(c3ccc(-c4ccc(OCC)cc4)c(C#N)c3C#N)(CC1)CC2. The molecule has 0 heterocycles. The van der Waals surface area contributed by atoms with Crippen molar-refractivity contribution in [3.63, 3.8) is 0 Å². The van der Waals surface area contributed by atoms with Gasteiger partial charge in [-0.25, -0.2) is 0 Å². The molecule has 0 aliphatic heterocycles. The molecule has 0 N–H and O–H groups in total. The van der Waals surface area contributed by atoms with Crippen LogP contribution in [0.5, 0.6) is 5.75 Å². The van der Waals surface area contributed by atoms with Gasteiger partial charge in [-0.1, -0.05) is 44.0 Å². The molecule has 2 aromatic carbocycles. The molecule has 0 amide bonds. The summed E-state index contributed by atoms with van der Waals surface area (Å²) in [6.45, 7) is 4.86. The molecule has 0 radical (unpaired) electrons. The molecule has 0 saturated heterocycles. The molecule has 0 spiro atoms. The van der Waals surface area contributed by atoms with Crippen molar-refractivity contribution in [2.45, 2.75) is 77.0 Å². The van der Waals surface area contributed by atoms with Crippen LogP contribution in [0.25, 0.3) is 11.1 Å². The molecule has 5 rings (SSSR count). The van der Waals surface area contributed by atoms with Crippen molar-refractivity contribution in [1.29, 1.82) is 10.5 Å². The van der Waals surface area contributed by atoms with Gasteiger partial charge in [0.2, 0.25) is 0 Å². The first-order valence-corrected chi connectivity index (χ1v) is 11.8. The van der Waals surface area contributed by atoms with Crippen molar-refractivity contribution in [2.75, 3.05) is 6.61 Å². The molecule has 0 atom stereocenters. The lowest BCUT2D eigenvalue weighted by molar-refractivity contribution is 0.0307. The average molecular weight is 413 g/mol. The van der Waals surface area contributed by atoms with Crippen molar-refractivity contribution in [3.05, 3.63) is 53.1 Å². The maximum atomic E-state index is 10.1. The largest absolute Gasteiger partial charge is 0.494 e. The predicted octanol–water partition coefficient (Wildman–Crippen LogP) is 7.28. The van der Waals surface area contributed by atoms with Gasteiger partial charge in [0.25, 0.3) is 0 Å². The van der Waals surface area contributed by atoms with Crippen LogP contribution in [0, 0.1) is 28.1 Å². The Bertz CT molecular complexity index is 998. The fourth-order valence-electron chi connectivity index (χ4n) is 6.01. The minimum absolute atomic E-state index is 0.0714. The Morgan fingerprint density at radius 3 is 2.03 bits per heavy atom. The number of fused-ring (bicyclic) bond motifs is 3. The normalized spacial score (nSPS) is 24.4. The lowest BCUT2D eigenvalue weighted by atomic mass is 9.50. The highest BCUT2D eigenvalue weighted by Crippen LogP contribution is 2.60. The first kappa shape index (κ1) is 21.5. The van der Waals surface area contributed by atoms with Gasteiger partial charge in [-0.05, 0) is 86.0 Å². The van der Waals surface area contributed by atoms with Crippen LogP contribution in [0.3, 0.4) is 0 Å². The summed E-state index contributed by atoms with van der Waals surface area (Å²) in [7, 11) is 0. The van der Waals surface area contributed by atoms with E-state index in [4.69, 9.17) is 4.74 Å². The van der Waals surface area contributed by atoms with Gasteiger partial charge >= 0.3 is 0 Å². The van der Waals surface area contributed by atoms with E-state index in [9.17, 15) is 10.5 Å². The van der Waals surface area contributed by atoms with Crippen molar-refractivity contribution < 1.29 is 4.74 Å². The molecule has 3 heteroatoms. The summed E-state index contributed by atoms with van der Waals surface area (Å²) in [6.07, 6.45) is 11.2. The van der Waals surface area contributed by atoms with E-state index < -0.39 is 0 Å². The number of benzene rings is 2. The molecule has 0 unspecified atom stereocenters. The van der Waals surface area contributed by atoms with Crippen LogP contribution in [-0.2, 0) is 5.41 Å². The fraction of sp³-hybridized carbons (Fsp3) is 0.500. The van der Waals surface area contributed by atoms with Crippen molar-refractivity contribution >= 4 is 0 Å². The van der Waals surface area contributed by atoms with Gasteiger partial charge in [-0.15, -0.1) is 0 Å². The molecule has 3 fully saturated rings. The van der Waals surface area contributed by atoms with Gasteiger partial charge in [0.05, 0.1) is 17.7 Å². The lowest BCUT2D eigenvalue weighted by Gasteiger charge is -2.54. The zero-order chi connectivity index (χ0) is 21.9. The van der Waals surface area contributed by atoms with E-state index in [1.54, 1.807) is 0 Å². The summed E-state index contributed by atoms with van der Waals surface area (Å²) >= 11 is 0. The highest BCUT2D eigenvalue weighted by molar-refractivity contribution is 5.75. The van der Waals surface area contributed by atoms with E-state index in [0.717, 1.165) is 41.7 Å². The van der Waals surface area contributed by atoms with Gasteiger partial charge in [-0.3, -0.25) is 0 Å². The van der Waals surface area contributed by atoms with Crippen molar-refractivity contribution in [3.8, 4) is 29.0 Å². The molecular formula is C28H32N2O. The van der Waals surface area contributed by atoms with E-state index in [1.165, 1.54) is 38.5 Å². The number of hydrogen-bond acceptors (Lipinski definition) is 3. The number of nitrogens with zero attached hydrogens (tertiary/aromatic N) is 2. The minimum Gasteiger partial charge on any atom is -0.494 e. The zero-order valence-corrected chi connectivity index (χ0v) is 18.8. The van der Waals surface area contributed by atoms with Crippen molar-refractivity contribution in [1.82, 2.24) is 0 Å². The summed E-state index contributed by atoms with van der Waals surface area (Å²) < 4.78 is 5.54. The topological polar surface area (TPSA) is 56.8 Å². The summed E-state index contributed by atoms with van der Waals surface area (Å²) in [5.74, 6) is 0.816. The summed E-state index contributed by atoms with van der Waals surface area (Å²) in [6, 6.07) is 16.8. The smallest absolute Gasteiger partial charge is 0.119 e.